The summed E-state index contributed by atoms with van der Waals surface area (Å²) in [7, 11) is 0. The van der Waals surface area contributed by atoms with Crippen molar-refractivity contribution in [2.45, 2.75) is 43.9 Å². The summed E-state index contributed by atoms with van der Waals surface area (Å²) in [6.07, 6.45) is 2.24. The SMILES string of the molecule is NC(=O)C(O)CNC1CCCCC1O. The first kappa shape index (κ1) is 11.4. The molecule has 14 heavy (non-hydrogen) atoms. The van der Waals surface area contributed by atoms with Crippen LogP contribution in [0, 0.1) is 0 Å². The van der Waals surface area contributed by atoms with E-state index in [4.69, 9.17) is 10.8 Å². The van der Waals surface area contributed by atoms with Crippen LogP contribution in [0.1, 0.15) is 25.7 Å². The minimum absolute atomic E-state index is 0.0160. The molecule has 1 aliphatic rings. The Labute approximate surface area is 83.3 Å². The first-order valence-corrected chi connectivity index (χ1v) is 5.00. The lowest BCUT2D eigenvalue weighted by atomic mass is 9.92. The van der Waals surface area contributed by atoms with Gasteiger partial charge in [0, 0.05) is 12.6 Å². The lowest BCUT2D eigenvalue weighted by Crippen LogP contribution is -2.47. The van der Waals surface area contributed by atoms with Gasteiger partial charge in [-0.05, 0) is 12.8 Å². The van der Waals surface area contributed by atoms with Crippen LogP contribution in [0.5, 0.6) is 0 Å². The maximum atomic E-state index is 10.5. The largest absolute Gasteiger partial charge is 0.392 e. The number of carbonyl (C=O) groups excluding carboxylic acids is 1. The molecule has 5 heteroatoms. The van der Waals surface area contributed by atoms with Gasteiger partial charge in [-0.3, -0.25) is 4.79 Å². The number of amides is 1. The Morgan fingerprint density at radius 3 is 2.71 bits per heavy atom. The van der Waals surface area contributed by atoms with E-state index in [9.17, 15) is 9.90 Å². The van der Waals surface area contributed by atoms with E-state index in [-0.39, 0.29) is 18.7 Å². The van der Waals surface area contributed by atoms with E-state index in [1.54, 1.807) is 0 Å². The predicted octanol–water partition coefficient (Wildman–Crippen LogP) is -1.27. The maximum absolute atomic E-state index is 10.5. The summed E-state index contributed by atoms with van der Waals surface area (Å²) in [5, 5.41) is 21.6. The van der Waals surface area contributed by atoms with E-state index < -0.39 is 12.0 Å². The van der Waals surface area contributed by atoms with Gasteiger partial charge in [0.25, 0.3) is 0 Å². The third kappa shape index (κ3) is 3.25. The van der Waals surface area contributed by atoms with Crippen molar-refractivity contribution in [3.63, 3.8) is 0 Å². The van der Waals surface area contributed by atoms with Gasteiger partial charge in [-0.2, -0.15) is 0 Å². The molecule has 5 nitrogen and oxygen atoms in total. The number of aliphatic hydroxyl groups excluding tert-OH is 2. The fourth-order valence-electron chi connectivity index (χ4n) is 1.71. The number of rotatable bonds is 4. The molecule has 1 amide bonds. The highest BCUT2D eigenvalue weighted by Crippen LogP contribution is 2.18. The number of hydrogen-bond acceptors (Lipinski definition) is 4. The van der Waals surface area contributed by atoms with Crippen molar-refractivity contribution in [3.8, 4) is 0 Å². The van der Waals surface area contributed by atoms with Crippen LogP contribution in [0.2, 0.25) is 0 Å². The number of primary amides is 1. The van der Waals surface area contributed by atoms with E-state index in [1.165, 1.54) is 0 Å². The highest BCUT2D eigenvalue weighted by atomic mass is 16.3. The van der Waals surface area contributed by atoms with Crippen LogP contribution in [-0.2, 0) is 4.79 Å². The molecule has 5 N–H and O–H groups in total. The quantitative estimate of drug-likeness (QED) is 0.457. The van der Waals surface area contributed by atoms with Crippen LogP contribution < -0.4 is 11.1 Å². The highest BCUT2D eigenvalue weighted by molar-refractivity contribution is 5.78. The molecule has 1 aliphatic carbocycles. The van der Waals surface area contributed by atoms with Crippen molar-refractivity contribution in [2.75, 3.05) is 6.54 Å². The Balaban J connectivity index is 2.25. The lowest BCUT2D eigenvalue weighted by Gasteiger charge is -2.28. The van der Waals surface area contributed by atoms with Crippen molar-refractivity contribution in [2.24, 2.45) is 5.73 Å². The smallest absolute Gasteiger partial charge is 0.247 e. The molecule has 0 aromatic carbocycles. The van der Waals surface area contributed by atoms with Crippen LogP contribution in [0.4, 0.5) is 0 Å². The van der Waals surface area contributed by atoms with Crippen LogP contribution in [0.15, 0.2) is 0 Å². The molecule has 0 aromatic heterocycles. The number of carbonyl (C=O) groups is 1. The zero-order chi connectivity index (χ0) is 10.6. The Hall–Kier alpha value is -0.650. The van der Waals surface area contributed by atoms with Crippen molar-refractivity contribution in [1.29, 1.82) is 0 Å². The van der Waals surface area contributed by atoms with Crippen LogP contribution in [0.3, 0.4) is 0 Å². The maximum Gasteiger partial charge on any atom is 0.247 e. The minimum Gasteiger partial charge on any atom is -0.392 e. The molecule has 0 heterocycles. The fraction of sp³-hybridized carbons (Fsp3) is 0.889. The summed E-state index contributed by atoms with van der Waals surface area (Å²) in [4.78, 5) is 10.5. The average Bonchev–Trinajstić information content (AvgIpc) is 2.16. The predicted molar refractivity (Wildman–Crippen MR) is 51.5 cm³/mol. The summed E-state index contributed by atoms with van der Waals surface area (Å²) < 4.78 is 0. The molecule has 3 atom stereocenters. The van der Waals surface area contributed by atoms with Crippen LogP contribution in [0.25, 0.3) is 0 Å². The Morgan fingerprint density at radius 2 is 2.14 bits per heavy atom. The number of hydrogen-bond donors (Lipinski definition) is 4. The molecular formula is C9H18N2O3. The van der Waals surface area contributed by atoms with E-state index >= 15 is 0 Å². The minimum atomic E-state index is -1.16. The third-order valence-corrected chi connectivity index (χ3v) is 2.63. The zero-order valence-electron chi connectivity index (χ0n) is 8.15. The molecule has 3 unspecified atom stereocenters. The number of aliphatic hydroxyl groups is 2. The molecule has 82 valence electrons. The van der Waals surface area contributed by atoms with Crippen LogP contribution >= 0.6 is 0 Å². The van der Waals surface area contributed by atoms with Gasteiger partial charge in [0.15, 0.2) is 0 Å². The monoisotopic (exact) mass is 202 g/mol. The van der Waals surface area contributed by atoms with E-state index in [0.717, 1.165) is 25.7 Å². The number of nitrogens with one attached hydrogen (secondary N) is 1. The van der Waals surface area contributed by atoms with Crippen molar-refractivity contribution in [1.82, 2.24) is 5.32 Å². The van der Waals surface area contributed by atoms with E-state index in [2.05, 4.69) is 5.32 Å². The molecule has 0 radical (unpaired) electrons. The van der Waals surface area contributed by atoms with Crippen molar-refractivity contribution >= 4 is 5.91 Å². The number of nitrogens with two attached hydrogens (primary N) is 1. The summed E-state index contributed by atoms with van der Waals surface area (Å²) >= 11 is 0. The van der Waals surface area contributed by atoms with Gasteiger partial charge in [-0.1, -0.05) is 12.8 Å². The summed E-state index contributed by atoms with van der Waals surface area (Å²) in [6.45, 7) is 0.122. The first-order valence-electron chi connectivity index (χ1n) is 5.00. The van der Waals surface area contributed by atoms with E-state index in [1.807, 2.05) is 0 Å². The Kier molecular flexibility index (Phi) is 4.31. The second-order valence-corrected chi connectivity index (χ2v) is 3.78. The van der Waals surface area contributed by atoms with Gasteiger partial charge in [0.2, 0.25) is 5.91 Å². The van der Waals surface area contributed by atoms with Gasteiger partial charge < -0.3 is 21.3 Å². The second kappa shape index (κ2) is 5.29. The van der Waals surface area contributed by atoms with E-state index in [0.29, 0.717) is 0 Å². The topological polar surface area (TPSA) is 95.6 Å². The van der Waals surface area contributed by atoms with Gasteiger partial charge in [0.1, 0.15) is 6.10 Å². The summed E-state index contributed by atoms with van der Waals surface area (Å²) in [5.41, 5.74) is 4.89. The molecule has 0 saturated heterocycles. The molecule has 1 rings (SSSR count). The molecular weight excluding hydrogens is 184 g/mol. The van der Waals surface area contributed by atoms with Crippen molar-refractivity contribution < 1.29 is 15.0 Å². The Bertz CT molecular complexity index is 198. The van der Waals surface area contributed by atoms with Gasteiger partial charge in [-0.15, -0.1) is 0 Å². The zero-order valence-corrected chi connectivity index (χ0v) is 8.15. The molecule has 0 spiro atoms. The normalized spacial score (nSPS) is 29.9. The lowest BCUT2D eigenvalue weighted by molar-refractivity contribution is -0.125. The Morgan fingerprint density at radius 1 is 1.50 bits per heavy atom. The fourth-order valence-corrected chi connectivity index (χ4v) is 1.71. The molecule has 0 aromatic rings. The van der Waals surface area contributed by atoms with Crippen molar-refractivity contribution in [3.05, 3.63) is 0 Å². The molecule has 0 aliphatic heterocycles. The molecule has 1 fully saturated rings. The highest BCUT2D eigenvalue weighted by Gasteiger charge is 2.23. The average molecular weight is 202 g/mol. The molecule has 0 bridgehead atoms. The van der Waals surface area contributed by atoms with Gasteiger partial charge in [0.05, 0.1) is 6.10 Å². The molecule has 1 saturated carbocycles. The van der Waals surface area contributed by atoms with Crippen LogP contribution in [-0.4, -0.2) is 40.9 Å². The van der Waals surface area contributed by atoms with Gasteiger partial charge >= 0.3 is 0 Å². The summed E-state index contributed by atoms with van der Waals surface area (Å²) in [5.74, 6) is -0.734. The second-order valence-electron chi connectivity index (χ2n) is 3.78. The standard InChI is InChI=1S/C9H18N2O3/c10-9(14)8(13)5-11-6-3-1-2-4-7(6)12/h6-8,11-13H,1-5H2,(H2,10,14). The summed E-state index contributed by atoms with van der Waals surface area (Å²) in [6, 6.07) is -0.0160. The third-order valence-electron chi connectivity index (χ3n) is 2.63. The van der Waals surface area contributed by atoms with Gasteiger partial charge in [-0.25, -0.2) is 0 Å². The first-order chi connectivity index (χ1) is 6.61.